The summed E-state index contributed by atoms with van der Waals surface area (Å²) in [4.78, 5) is 27.4. The van der Waals surface area contributed by atoms with Crippen LogP contribution in [0.3, 0.4) is 0 Å². The molecule has 2 heterocycles. The smallest absolute Gasteiger partial charge is 0.328 e. The van der Waals surface area contributed by atoms with E-state index in [2.05, 4.69) is 15.5 Å². The highest BCUT2D eigenvalue weighted by Crippen LogP contribution is 2.17. The molecular weight excluding hydrogens is 282 g/mol. The second kappa shape index (κ2) is 6.11. The molecule has 104 valence electrons. The molecule has 0 fully saturated rings. The van der Waals surface area contributed by atoms with E-state index in [0.717, 1.165) is 6.08 Å². The molecule has 0 spiro atoms. The molecule has 2 aromatic rings. The normalized spacial score (nSPS) is 10.8. The van der Waals surface area contributed by atoms with Crippen LogP contribution in [0.4, 0.5) is 0 Å². The van der Waals surface area contributed by atoms with Crippen LogP contribution in [0.25, 0.3) is 6.08 Å². The van der Waals surface area contributed by atoms with Crippen LogP contribution in [0.1, 0.15) is 26.3 Å². The summed E-state index contributed by atoms with van der Waals surface area (Å²) in [5.74, 6) is -0.470. The van der Waals surface area contributed by atoms with Crippen LogP contribution in [0, 0.1) is 6.92 Å². The van der Waals surface area contributed by atoms with Crippen LogP contribution in [0.2, 0.25) is 0 Å². The van der Waals surface area contributed by atoms with Gasteiger partial charge in [0.1, 0.15) is 0 Å². The second-order valence-electron chi connectivity index (χ2n) is 3.79. The third-order valence-electron chi connectivity index (χ3n) is 2.21. The number of hydrogen-bond donors (Lipinski definition) is 2. The van der Waals surface area contributed by atoms with Crippen LogP contribution >= 0.6 is 11.3 Å². The van der Waals surface area contributed by atoms with E-state index < -0.39 is 5.97 Å². The molecule has 1 amide bonds. The number of hydrogen-bond acceptors (Lipinski definition) is 6. The number of carbonyl (C=O) groups is 2. The van der Waals surface area contributed by atoms with Crippen molar-refractivity contribution in [2.45, 2.75) is 13.5 Å². The molecular formula is C12H11N3O4S. The van der Waals surface area contributed by atoms with Crippen LogP contribution in [-0.2, 0) is 11.3 Å². The largest absolute Gasteiger partial charge is 0.478 e. The molecule has 0 aliphatic heterocycles. The highest BCUT2D eigenvalue weighted by molar-refractivity contribution is 7.14. The molecule has 2 N–H and O–H groups in total. The van der Waals surface area contributed by atoms with Crippen LogP contribution in [0.5, 0.6) is 0 Å². The average molecular weight is 293 g/mol. The van der Waals surface area contributed by atoms with Gasteiger partial charge in [0.15, 0.2) is 5.82 Å². The molecule has 7 nitrogen and oxygen atoms in total. The fraction of sp³-hybridized carbons (Fsp3) is 0.167. The Morgan fingerprint density at radius 3 is 2.95 bits per heavy atom. The van der Waals surface area contributed by atoms with Gasteiger partial charge in [-0.3, -0.25) is 4.79 Å². The van der Waals surface area contributed by atoms with E-state index in [-0.39, 0.29) is 12.5 Å². The monoisotopic (exact) mass is 293 g/mol. The van der Waals surface area contributed by atoms with Gasteiger partial charge < -0.3 is 14.9 Å². The molecule has 0 aliphatic carbocycles. The maximum absolute atomic E-state index is 11.8. The minimum absolute atomic E-state index is 0.151. The van der Waals surface area contributed by atoms with Crippen molar-refractivity contribution in [3.05, 3.63) is 39.7 Å². The predicted octanol–water partition coefficient (Wildman–Crippen LogP) is 1.47. The SMILES string of the molecule is Cc1noc(CNC(=O)c2ccc(C=CC(=O)O)s2)n1. The number of thiophene rings is 1. The van der Waals surface area contributed by atoms with Gasteiger partial charge in [-0.15, -0.1) is 11.3 Å². The molecule has 0 radical (unpaired) electrons. The number of carbonyl (C=O) groups excluding carboxylic acids is 1. The van der Waals surface area contributed by atoms with Gasteiger partial charge in [0.05, 0.1) is 11.4 Å². The summed E-state index contributed by atoms with van der Waals surface area (Å²) in [5.41, 5.74) is 0. The Labute approximate surface area is 117 Å². The maximum atomic E-state index is 11.8. The van der Waals surface area contributed by atoms with Gasteiger partial charge in [0, 0.05) is 11.0 Å². The number of aromatic nitrogens is 2. The fourth-order valence-corrected chi connectivity index (χ4v) is 2.20. The molecule has 0 unspecified atom stereocenters. The quantitative estimate of drug-likeness (QED) is 0.809. The van der Waals surface area contributed by atoms with Gasteiger partial charge in [-0.05, 0) is 25.1 Å². The van der Waals surface area contributed by atoms with Crippen LogP contribution in [-0.4, -0.2) is 27.1 Å². The van der Waals surface area contributed by atoms with E-state index in [1.165, 1.54) is 17.4 Å². The summed E-state index contributed by atoms with van der Waals surface area (Å²) in [6, 6.07) is 3.30. The standard InChI is InChI=1S/C12H11N3O4S/c1-7-14-10(19-15-7)6-13-12(18)9-4-2-8(20-9)3-5-11(16)17/h2-5H,6H2,1H3,(H,13,18)(H,16,17). The number of aliphatic carboxylic acids is 1. The highest BCUT2D eigenvalue weighted by Gasteiger charge is 2.10. The highest BCUT2D eigenvalue weighted by atomic mass is 32.1. The van der Waals surface area contributed by atoms with E-state index in [4.69, 9.17) is 9.63 Å². The minimum atomic E-state index is -1.03. The molecule has 20 heavy (non-hydrogen) atoms. The third kappa shape index (κ3) is 3.75. The number of nitrogens with one attached hydrogen (secondary N) is 1. The average Bonchev–Trinajstić information content (AvgIpc) is 3.02. The number of rotatable bonds is 5. The molecule has 0 saturated carbocycles. The zero-order valence-corrected chi connectivity index (χ0v) is 11.3. The Bertz CT molecular complexity index is 659. The van der Waals surface area contributed by atoms with Crippen molar-refractivity contribution < 1.29 is 19.2 Å². The van der Waals surface area contributed by atoms with Gasteiger partial charge in [-0.2, -0.15) is 4.98 Å². The molecule has 0 saturated heterocycles. The summed E-state index contributed by atoms with van der Waals surface area (Å²) in [6.07, 6.45) is 2.46. The Morgan fingerprint density at radius 1 is 1.50 bits per heavy atom. The predicted molar refractivity (Wildman–Crippen MR) is 71.2 cm³/mol. The Balaban J connectivity index is 1.94. The first-order chi connectivity index (χ1) is 9.54. The van der Waals surface area contributed by atoms with Crippen molar-refractivity contribution in [1.82, 2.24) is 15.5 Å². The van der Waals surface area contributed by atoms with Crippen LogP contribution in [0.15, 0.2) is 22.7 Å². The topological polar surface area (TPSA) is 105 Å². The summed E-state index contributed by atoms with van der Waals surface area (Å²) in [7, 11) is 0. The van der Waals surface area contributed by atoms with E-state index in [9.17, 15) is 9.59 Å². The van der Waals surface area contributed by atoms with Crippen molar-refractivity contribution in [3.8, 4) is 0 Å². The van der Waals surface area contributed by atoms with E-state index in [0.29, 0.717) is 21.5 Å². The summed E-state index contributed by atoms with van der Waals surface area (Å²) >= 11 is 1.19. The number of nitrogens with zero attached hydrogens (tertiary/aromatic N) is 2. The lowest BCUT2D eigenvalue weighted by atomic mass is 10.4. The lowest BCUT2D eigenvalue weighted by Crippen LogP contribution is -2.21. The summed E-state index contributed by atoms with van der Waals surface area (Å²) < 4.78 is 4.87. The van der Waals surface area contributed by atoms with Gasteiger partial charge in [-0.1, -0.05) is 5.16 Å². The van der Waals surface area contributed by atoms with Crippen molar-refractivity contribution in [3.63, 3.8) is 0 Å². The van der Waals surface area contributed by atoms with Crippen molar-refractivity contribution in [2.24, 2.45) is 0 Å². The first-order valence-corrected chi connectivity index (χ1v) is 6.44. The lowest BCUT2D eigenvalue weighted by Gasteiger charge is -1.98. The van der Waals surface area contributed by atoms with Crippen molar-refractivity contribution in [1.29, 1.82) is 0 Å². The molecule has 0 bridgehead atoms. The number of carboxylic acid groups (broad SMARTS) is 1. The lowest BCUT2D eigenvalue weighted by molar-refractivity contribution is -0.131. The molecule has 8 heteroatoms. The Hall–Kier alpha value is -2.48. The first kappa shape index (κ1) is 13.9. The van der Waals surface area contributed by atoms with E-state index >= 15 is 0 Å². The number of carboxylic acids is 1. The Morgan fingerprint density at radius 2 is 2.30 bits per heavy atom. The second-order valence-corrected chi connectivity index (χ2v) is 4.91. The maximum Gasteiger partial charge on any atom is 0.328 e. The summed E-state index contributed by atoms with van der Waals surface area (Å²) in [6.45, 7) is 1.84. The van der Waals surface area contributed by atoms with Crippen molar-refractivity contribution in [2.75, 3.05) is 0 Å². The van der Waals surface area contributed by atoms with E-state index in [1.807, 2.05) is 0 Å². The molecule has 2 aromatic heterocycles. The van der Waals surface area contributed by atoms with Crippen molar-refractivity contribution >= 4 is 29.3 Å². The fourth-order valence-electron chi connectivity index (χ4n) is 1.37. The van der Waals surface area contributed by atoms with Gasteiger partial charge in [0.25, 0.3) is 5.91 Å². The first-order valence-electron chi connectivity index (χ1n) is 5.63. The molecule has 0 atom stereocenters. The Kier molecular flexibility index (Phi) is 4.26. The number of aryl methyl sites for hydroxylation is 1. The zero-order valence-electron chi connectivity index (χ0n) is 10.5. The van der Waals surface area contributed by atoms with E-state index in [1.54, 1.807) is 19.1 Å². The third-order valence-corrected chi connectivity index (χ3v) is 3.26. The van der Waals surface area contributed by atoms with Gasteiger partial charge in [-0.25, -0.2) is 4.79 Å². The molecule has 0 aliphatic rings. The van der Waals surface area contributed by atoms with Crippen LogP contribution < -0.4 is 5.32 Å². The molecule has 0 aromatic carbocycles. The van der Waals surface area contributed by atoms with Gasteiger partial charge >= 0.3 is 5.97 Å². The molecule has 2 rings (SSSR count). The van der Waals surface area contributed by atoms with Gasteiger partial charge in [0.2, 0.25) is 5.89 Å². The zero-order chi connectivity index (χ0) is 14.5. The summed E-state index contributed by atoms with van der Waals surface area (Å²) in [5, 5.41) is 14.8. The minimum Gasteiger partial charge on any atom is -0.478 e. The number of amides is 1.